The van der Waals surface area contributed by atoms with E-state index in [-0.39, 0.29) is 17.5 Å². The third kappa shape index (κ3) is 4.87. The number of nitrogens with one attached hydrogen (secondary N) is 3. The topological polar surface area (TPSA) is 100 Å². The number of benzene rings is 2. The first-order valence-corrected chi connectivity index (χ1v) is 10.4. The van der Waals surface area contributed by atoms with Crippen LogP contribution in [0, 0.1) is 0 Å². The van der Waals surface area contributed by atoms with Crippen molar-refractivity contribution in [2.75, 3.05) is 23.7 Å². The summed E-state index contributed by atoms with van der Waals surface area (Å²) in [6.07, 6.45) is 3.40. The number of halogens is 1. The number of fused-ring (bicyclic) bond motifs is 1. The van der Waals surface area contributed by atoms with Gasteiger partial charge in [-0.1, -0.05) is 35.9 Å². The molecule has 0 aliphatic rings. The van der Waals surface area contributed by atoms with E-state index < -0.39 is 0 Å². The minimum atomic E-state index is -0.346. The molecule has 2 aromatic heterocycles. The van der Waals surface area contributed by atoms with Crippen LogP contribution in [0.4, 0.5) is 11.4 Å². The quantitative estimate of drug-likeness (QED) is 0.373. The average molecular weight is 449 g/mol. The molecule has 2 heterocycles. The Morgan fingerprint density at radius 1 is 1.03 bits per heavy atom. The molecule has 4 rings (SSSR count). The van der Waals surface area contributed by atoms with E-state index in [0.717, 1.165) is 16.8 Å². The molecule has 4 aromatic rings. The van der Waals surface area contributed by atoms with Crippen LogP contribution in [0.2, 0.25) is 5.02 Å². The summed E-state index contributed by atoms with van der Waals surface area (Å²) in [5, 5.41) is 13.8. The molecule has 0 unspecified atom stereocenters. The molecular formula is C23H21ClN6O2. The van der Waals surface area contributed by atoms with Crippen molar-refractivity contribution in [3.05, 3.63) is 77.7 Å². The molecule has 0 spiro atoms. The third-order valence-electron chi connectivity index (χ3n) is 4.73. The van der Waals surface area contributed by atoms with Crippen LogP contribution >= 0.6 is 11.6 Å². The van der Waals surface area contributed by atoms with Crippen molar-refractivity contribution in [2.24, 2.45) is 0 Å². The Morgan fingerprint density at radius 2 is 1.84 bits per heavy atom. The normalized spacial score (nSPS) is 10.7. The molecule has 0 radical (unpaired) electrons. The molecule has 9 heteroatoms. The molecule has 3 N–H and O–H groups in total. The molecule has 0 aliphatic carbocycles. The summed E-state index contributed by atoms with van der Waals surface area (Å²) in [4.78, 5) is 28.5. The van der Waals surface area contributed by atoms with E-state index in [9.17, 15) is 9.59 Å². The third-order valence-corrected chi connectivity index (χ3v) is 4.96. The number of anilines is 2. The van der Waals surface area contributed by atoms with Gasteiger partial charge in [0.2, 0.25) is 5.91 Å². The van der Waals surface area contributed by atoms with E-state index in [2.05, 4.69) is 26.0 Å². The number of carbonyl (C=O) groups excluding carboxylic acids is 2. The number of aromatic nitrogens is 3. The first-order valence-electron chi connectivity index (χ1n) is 10.0. The molecule has 32 heavy (non-hydrogen) atoms. The van der Waals surface area contributed by atoms with E-state index in [1.165, 1.54) is 6.92 Å². The van der Waals surface area contributed by atoms with Crippen molar-refractivity contribution in [1.29, 1.82) is 0 Å². The van der Waals surface area contributed by atoms with Crippen molar-refractivity contribution in [3.63, 3.8) is 0 Å². The number of amides is 2. The zero-order valence-corrected chi connectivity index (χ0v) is 18.1. The van der Waals surface area contributed by atoms with Gasteiger partial charge in [0.25, 0.3) is 5.91 Å². The molecule has 0 aliphatic heterocycles. The van der Waals surface area contributed by atoms with Crippen molar-refractivity contribution in [3.8, 4) is 11.1 Å². The maximum Gasteiger partial charge on any atom is 0.274 e. The van der Waals surface area contributed by atoms with Gasteiger partial charge in [-0.05, 0) is 35.9 Å². The van der Waals surface area contributed by atoms with Crippen LogP contribution in [-0.2, 0) is 4.79 Å². The summed E-state index contributed by atoms with van der Waals surface area (Å²) in [5.74, 6) is -0.436. The van der Waals surface area contributed by atoms with Gasteiger partial charge in [-0.2, -0.15) is 5.10 Å². The predicted octanol–water partition coefficient (Wildman–Crippen LogP) is 3.85. The summed E-state index contributed by atoms with van der Waals surface area (Å²) < 4.78 is 1.62. The average Bonchev–Trinajstić information content (AvgIpc) is 3.21. The highest BCUT2D eigenvalue weighted by atomic mass is 35.5. The summed E-state index contributed by atoms with van der Waals surface area (Å²) in [7, 11) is 0. The Bertz CT molecular complexity index is 1290. The molecule has 2 amide bonds. The summed E-state index contributed by atoms with van der Waals surface area (Å²) in [6.45, 7) is 2.47. The standard InChI is InChI=1S/C23H21ClN6O2/c1-15(31)25-10-11-26-19-7-2-3-8-20(19)29-23(32)21-9-12-30-22(28-21)18(14-27-30)16-5-4-6-17(24)13-16/h2-9,12-14,26H,10-11H2,1H3,(H,25,31)(H,29,32). The molecule has 0 saturated heterocycles. The number of nitrogens with zero attached hydrogens (tertiary/aromatic N) is 3. The van der Waals surface area contributed by atoms with E-state index in [4.69, 9.17) is 11.6 Å². The van der Waals surface area contributed by atoms with Gasteiger partial charge in [0.05, 0.1) is 17.6 Å². The monoisotopic (exact) mass is 448 g/mol. The Morgan fingerprint density at radius 3 is 2.62 bits per heavy atom. The highest BCUT2D eigenvalue weighted by Crippen LogP contribution is 2.26. The molecule has 162 valence electrons. The SMILES string of the molecule is CC(=O)NCCNc1ccccc1NC(=O)c1ccn2ncc(-c3cccc(Cl)c3)c2n1. The summed E-state index contributed by atoms with van der Waals surface area (Å²) >= 11 is 6.12. The molecule has 0 fully saturated rings. The van der Waals surface area contributed by atoms with Gasteiger partial charge in [0.15, 0.2) is 5.65 Å². The van der Waals surface area contributed by atoms with Gasteiger partial charge >= 0.3 is 0 Å². The Balaban J connectivity index is 1.55. The minimum Gasteiger partial charge on any atom is -0.382 e. The minimum absolute atomic E-state index is 0.0909. The van der Waals surface area contributed by atoms with Gasteiger partial charge in [0, 0.05) is 36.8 Å². The van der Waals surface area contributed by atoms with Crippen LogP contribution in [0.25, 0.3) is 16.8 Å². The number of hydrogen-bond acceptors (Lipinski definition) is 5. The number of hydrogen-bond donors (Lipinski definition) is 3. The van der Waals surface area contributed by atoms with Gasteiger partial charge in [-0.3, -0.25) is 9.59 Å². The fraction of sp³-hybridized carbons (Fsp3) is 0.130. The molecule has 0 bridgehead atoms. The zero-order valence-electron chi connectivity index (χ0n) is 17.3. The van der Waals surface area contributed by atoms with Crippen LogP contribution in [-0.4, -0.2) is 39.5 Å². The van der Waals surface area contributed by atoms with Crippen molar-refractivity contribution >= 4 is 40.4 Å². The van der Waals surface area contributed by atoms with E-state index >= 15 is 0 Å². The lowest BCUT2D eigenvalue weighted by Gasteiger charge is -2.13. The number of rotatable bonds is 7. The summed E-state index contributed by atoms with van der Waals surface area (Å²) in [6, 6.07) is 16.4. The van der Waals surface area contributed by atoms with Crippen molar-refractivity contribution in [2.45, 2.75) is 6.92 Å². The lowest BCUT2D eigenvalue weighted by molar-refractivity contribution is -0.118. The highest BCUT2D eigenvalue weighted by Gasteiger charge is 2.14. The van der Waals surface area contributed by atoms with Crippen LogP contribution in [0.3, 0.4) is 0 Å². The molecular weight excluding hydrogens is 428 g/mol. The first-order chi connectivity index (χ1) is 15.5. The zero-order chi connectivity index (χ0) is 22.5. The van der Waals surface area contributed by atoms with Crippen LogP contribution in [0.5, 0.6) is 0 Å². The van der Waals surface area contributed by atoms with E-state index in [1.54, 1.807) is 35.1 Å². The van der Waals surface area contributed by atoms with E-state index in [0.29, 0.717) is 29.4 Å². The molecule has 0 atom stereocenters. The summed E-state index contributed by atoms with van der Waals surface area (Å²) in [5.41, 5.74) is 3.83. The number of para-hydroxylation sites is 2. The van der Waals surface area contributed by atoms with Crippen molar-refractivity contribution in [1.82, 2.24) is 19.9 Å². The Kier molecular flexibility index (Phi) is 6.32. The van der Waals surface area contributed by atoms with Gasteiger partial charge in [-0.15, -0.1) is 0 Å². The largest absolute Gasteiger partial charge is 0.382 e. The van der Waals surface area contributed by atoms with Gasteiger partial charge in [0.1, 0.15) is 5.69 Å². The van der Waals surface area contributed by atoms with Crippen LogP contribution in [0.1, 0.15) is 17.4 Å². The van der Waals surface area contributed by atoms with Crippen LogP contribution in [0.15, 0.2) is 67.0 Å². The molecule has 8 nitrogen and oxygen atoms in total. The lowest BCUT2D eigenvalue weighted by Crippen LogP contribution is -2.26. The number of carbonyl (C=O) groups is 2. The molecule has 2 aromatic carbocycles. The maximum absolute atomic E-state index is 12.9. The van der Waals surface area contributed by atoms with Crippen molar-refractivity contribution < 1.29 is 9.59 Å². The highest BCUT2D eigenvalue weighted by molar-refractivity contribution is 6.30. The fourth-order valence-corrected chi connectivity index (χ4v) is 3.41. The second-order valence-corrected chi connectivity index (χ2v) is 7.50. The Hall–Kier alpha value is -3.91. The maximum atomic E-state index is 12.9. The molecule has 0 saturated carbocycles. The smallest absolute Gasteiger partial charge is 0.274 e. The van der Waals surface area contributed by atoms with E-state index in [1.807, 2.05) is 36.4 Å². The van der Waals surface area contributed by atoms with Gasteiger partial charge < -0.3 is 16.0 Å². The van der Waals surface area contributed by atoms with Gasteiger partial charge in [-0.25, -0.2) is 9.50 Å². The Labute approximate surface area is 189 Å². The lowest BCUT2D eigenvalue weighted by atomic mass is 10.1. The van der Waals surface area contributed by atoms with Crippen LogP contribution < -0.4 is 16.0 Å². The second-order valence-electron chi connectivity index (χ2n) is 7.06. The second kappa shape index (κ2) is 9.49. The first kappa shape index (κ1) is 21.3. The fourth-order valence-electron chi connectivity index (χ4n) is 3.22. The predicted molar refractivity (Wildman–Crippen MR) is 125 cm³/mol.